The first-order valence-electron chi connectivity index (χ1n) is 8.48. The number of benzene rings is 1. The zero-order chi connectivity index (χ0) is 16.8. The van der Waals surface area contributed by atoms with Crippen molar-refractivity contribution in [2.24, 2.45) is 4.99 Å². The van der Waals surface area contributed by atoms with Crippen LogP contribution in [-0.4, -0.2) is 45.0 Å². The molecule has 1 aromatic carbocycles. The Labute approximate surface area is 151 Å². The first-order valence-corrected chi connectivity index (χ1v) is 9.27. The van der Waals surface area contributed by atoms with Crippen LogP contribution in [0.5, 0.6) is 11.5 Å². The monoisotopic (exact) mass is 397 g/mol. The van der Waals surface area contributed by atoms with Gasteiger partial charge in [0.1, 0.15) is 13.2 Å². The van der Waals surface area contributed by atoms with Gasteiger partial charge in [-0.25, -0.2) is 4.99 Å². The zero-order valence-corrected chi connectivity index (χ0v) is 15.5. The van der Waals surface area contributed by atoms with E-state index in [9.17, 15) is 0 Å². The van der Waals surface area contributed by atoms with Gasteiger partial charge < -0.3 is 24.8 Å². The number of nitrogens with one attached hydrogen (secondary N) is 2. The second-order valence-corrected chi connectivity index (χ2v) is 6.67. The van der Waals surface area contributed by atoms with Crippen molar-refractivity contribution in [3.8, 4) is 11.5 Å². The maximum Gasteiger partial charge on any atom is 0.191 e. The second-order valence-electron chi connectivity index (χ2n) is 5.81. The zero-order valence-electron chi connectivity index (χ0n) is 13.9. The third-order valence-corrected chi connectivity index (χ3v) is 4.53. The molecule has 1 saturated heterocycles. The molecule has 2 aliphatic heterocycles. The highest BCUT2D eigenvalue weighted by Gasteiger charge is 2.17. The smallest absolute Gasteiger partial charge is 0.191 e. The van der Waals surface area contributed by atoms with Crippen molar-refractivity contribution < 1.29 is 14.2 Å². The summed E-state index contributed by atoms with van der Waals surface area (Å²) in [4.78, 5) is 4.66. The molecule has 1 unspecified atom stereocenters. The van der Waals surface area contributed by atoms with Crippen LogP contribution in [-0.2, 0) is 11.3 Å². The van der Waals surface area contributed by atoms with Gasteiger partial charge in [0.25, 0.3) is 0 Å². The van der Waals surface area contributed by atoms with Crippen molar-refractivity contribution in [1.82, 2.24) is 10.6 Å². The molecule has 1 aromatic rings. The van der Waals surface area contributed by atoms with E-state index in [0.717, 1.165) is 60.0 Å². The van der Waals surface area contributed by atoms with Crippen molar-refractivity contribution in [2.45, 2.75) is 32.4 Å². The largest absolute Gasteiger partial charge is 0.486 e. The molecule has 0 aliphatic carbocycles. The molecule has 1 atom stereocenters. The van der Waals surface area contributed by atoms with Gasteiger partial charge in [0.15, 0.2) is 17.5 Å². The summed E-state index contributed by atoms with van der Waals surface area (Å²) in [7, 11) is 0. The quantitative estimate of drug-likeness (QED) is 0.590. The molecule has 0 saturated carbocycles. The number of aliphatic imine (C=N–C) groups is 1. The summed E-state index contributed by atoms with van der Waals surface area (Å²) in [6, 6.07) is 4.02. The van der Waals surface area contributed by atoms with E-state index in [1.165, 1.54) is 0 Å². The minimum absolute atomic E-state index is 0.289. The number of hydrogen-bond donors (Lipinski definition) is 2. The number of rotatable bonds is 5. The molecule has 0 spiro atoms. The van der Waals surface area contributed by atoms with Gasteiger partial charge in [0.05, 0.1) is 17.1 Å². The van der Waals surface area contributed by atoms with Crippen molar-refractivity contribution in [1.29, 1.82) is 0 Å². The van der Waals surface area contributed by atoms with Crippen molar-refractivity contribution in [2.75, 3.05) is 32.9 Å². The Morgan fingerprint density at radius 1 is 1.25 bits per heavy atom. The van der Waals surface area contributed by atoms with E-state index in [0.29, 0.717) is 19.8 Å². The molecule has 1 fully saturated rings. The lowest BCUT2D eigenvalue weighted by Crippen LogP contribution is -2.41. The summed E-state index contributed by atoms with van der Waals surface area (Å²) < 4.78 is 17.8. The van der Waals surface area contributed by atoms with Crippen LogP contribution in [0.15, 0.2) is 21.6 Å². The van der Waals surface area contributed by atoms with E-state index in [1.807, 2.05) is 12.1 Å². The summed E-state index contributed by atoms with van der Waals surface area (Å²) in [6.07, 6.45) is 2.55. The number of hydrogen-bond acceptors (Lipinski definition) is 4. The molecule has 0 aromatic heterocycles. The Morgan fingerprint density at radius 2 is 2.12 bits per heavy atom. The standard InChI is InChI=1S/C17H24BrN3O3/c1-2-19-17(21-11-13-4-3-5-22-13)20-10-12-8-14(18)16-15(9-12)23-6-7-24-16/h8-9,13H,2-7,10-11H2,1H3,(H2,19,20,21). The van der Waals surface area contributed by atoms with Gasteiger partial charge >= 0.3 is 0 Å². The van der Waals surface area contributed by atoms with Crippen LogP contribution < -0.4 is 20.1 Å². The third kappa shape index (κ3) is 4.54. The Balaban J connectivity index is 1.63. The molecular weight excluding hydrogens is 374 g/mol. The molecule has 2 aliphatic rings. The molecular formula is C17H24BrN3O3. The Hall–Kier alpha value is -1.47. The summed E-state index contributed by atoms with van der Waals surface area (Å²) in [5.41, 5.74) is 1.07. The Morgan fingerprint density at radius 3 is 2.92 bits per heavy atom. The number of nitrogens with zero attached hydrogens (tertiary/aromatic N) is 1. The van der Waals surface area contributed by atoms with Crippen molar-refractivity contribution >= 4 is 21.9 Å². The molecule has 0 bridgehead atoms. The number of halogens is 1. The summed E-state index contributed by atoms with van der Waals surface area (Å²) >= 11 is 3.54. The van der Waals surface area contributed by atoms with Crippen LogP contribution in [0.1, 0.15) is 25.3 Å². The van der Waals surface area contributed by atoms with E-state index in [2.05, 4.69) is 38.5 Å². The van der Waals surface area contributed by atoms with E-state index in [1.54, 1.807) is 0 Å². The van der Waals surface area contributed by atoms with Crippen molar-refractivity contribution in [3.05, 3.63) is 22.2 Å². The number of ether oxygens (including phenoxy) is 3. The highest BCUT2D eigenvalue weighted by Crippen LogP contribution is 2.38. The van der Waals surface area contributed by atoms with Crippen LogP contribution in [0.4, 0.5) is 0 Å². The summed E-state index contributed by atoms with van der Waals surface area (Å²) in [5.74, 6) is 2.36. The first kappa shape index (κ1) is 17.4. The minimum atomic E-state index is 0.289. The average Bonchev–Trinajstić information content (AvgIpc) is 3.11. The molecule has 2 heterocycles. The predicted octanol–water partition coefficient (Wildman–Crippen LogP) is 2.45. The molecule has 0 amide bonds. The van der Waals surface area contributed by atoms with Gasteiger partial charge in [0.2, 0.25) is 0 Å². The normalized spacial score (nSPS) is 20.1. The minimum Gasteiger partial charge on any atom is -0.486 e. The van der Waals surface area contributed by atoms with Crippen LogP contribution in [0, 0.1) is 0 Å². The molecule has 0 radical (unpaired) electrons. The summed E-state index contributed by atoms with van der Waals surface area (Å²) in [6.45, 7) is 6.27. The maximum atomic E-state index is 5.66. The van der Waals surface area contributed by atoms with Crippen LogP contribution in [0.25, 0.3) is 0 Å². The van der Waals surface area contributed by atoms with E-state index < -0.39 is 0 Å². The fraction of sp³-hybridized carbons (Fsp3) is 0.588. The molecule has 2 N–H and O–H groups in total. The van der Waals surface area contributed by atoms with Gasteiger partial charge in [-0.2, -0.15) is 0 Å². The highest BCUT2D eigenvalue weighted by atomic mass is 79.9. The molecule has 24 heavy (non-hydrogen) atoms. The Bertz CT molecular complexity index is 589. The first-order chi connectivity index (χ1) is 11.8. The van der Waals surface area contributed by atoms with E-state index in [-0.39, 0.29) is 6.10 Å². The average molecular weight is 398 g/mol. The second kappa shape index (κ2) is 8.58. The lowest BCUT2D eigenvalue weighted by Gasteiger charge is -2.20. The number of fused-ring (bicyclic) bond motifs is 1. The molecule has 7 heteroatoms. The maximum absolute atomic E-state index is 5.66. The SMILES string of the molecule is CCNC(=NCc1cc(Br)c2c(c1)OCCO2)NCC1CCCO1. The lowest BCUT2D eigenvalue weighted by molar-refractivity contribution is 0.114. The van der Waals surface area contributed by atoms with Gasteiger partial charge in [-0.15, -0.1) is 0 Å². The fourth-order valence-electron chi connectivity index (χ4n) is 2.78. The van der Waals surface area contributed by atoms with E-state index in [4.69, 9.17) is 14.2 Å². The third-order valence-electron chi connectivity index (χ3n) is 3.94. The van der Waals surface area contributed by atoms with Gasteiger partial charge in [-0.1, -0.05) is 0 Å². The van der Waals surface area contributed by atoms with Crippen LogP contribution >= 0.6 is 15.9 Å². The van der Waals surface area contributed by atoms with E-state index >= 15 is 0 Å². The molecule has 3 rings (SSSR count). The van der Waals surface area contributed by atoms with Crippen LogP contribution in [0.3, 0.4) is 0 Å². The predicted molar refractivity (Wildman–Crippen MR) is 96.9 cm³/mol. The van der Waals surface area contributed by atoms with Crippen LogP contribution in [0.2, 0.25) is 0 Å². The summed E-state index contributed by atoms with van der Waals surface area (Å²) in [5, 5.41) is 6.63. The Kier molecular flexibility index (Phi) is 6.20. The topological polar surface area (TPSA) is 64.1 Å². The van der Waals surface area contributed by atoms with Gasteiger partial charge in [-0.05, 0) is 53.4 Å². The van der Waals surface area contributed by atoms with Gasteiger partial charge in [-0.3, -0.25) is 0 Å². The van der Waals surface area contributed by atoms with Gasteiger partial charge in [0, 0.05) is 19.7 Å². The highest BCUT2D eigenvalue weighted by molar-refractivity contribution is 9.10. The van der Waals surface area contributed by atoms with Crippen molar-refractivity contribution in [3.63, 3.8) is 0 Å². The molecule has 132 valence electrons. The molecule has 6 nitrogen and oxygen atoms in total. The lowest BCUT2D eigenvalue weighted by atomic mass is 10.2. The fourth-order valence-corrected chi connectivity index (χ4v) is 3.39. The number of guanidine groups is 1.